The van der Waals surface area contributed by atoms with Crippen LogP contribution in [0.1, 0.15) is 12.5 Å². The first-order chi connectivity index (χ1) is 12.6. The predicted octanol–water partition coefficient (Wildman–Crippen LogP) is 3.43. The molecule has 1 heterocycles. The maximum Gasteiger partial charge on any atom is 0.271 e. The van der Waals surface area contributed by atoms with E-state index in [2.05, 4.69) is 0 Å². The number of benzene rings is 2. The number of carbonyl (C=O) groups excluding carboxylic acids is 1. The molecule has 0 spiro atoms. The quantitative estimate of drug-likeness (QED) is 0.467. The number of carbonyl (C=O) groups is 1. The predicted molar refractivity (Wildman–Crippen MR) is 97.6 cm³/mol. The van der Waals surface area contributed by atoms with Gasteiger partial charge in [-0.3, -0.25) is 14.9 Å². The normalized spacial score (nSPS) is 13.2. The van der Waals surface area contributed by atoms with Gasteiger partial charge in [0.05, 0.1) is 23.8 Å². The fraction of sp³-hybridized carbons (Fsp3) is 0.211. The Labute approximate surface area is 150 Å². The van der Waals surface area contributed by atoms with Crippen LogP contribution in [0, 0.1) is 10.1 Å². The summed E-state index contributed by atoms with van der Waals surface area (Å²) in [6.45, 7) is 3.18. The highest BCUT2D eigenvalue weighted by Crippen LogP contribution is 2.35. The van der Waals surface area contributed by atoms with Crippen LogP contribution in [0.5, 0.6) is 11.5 Å². The van der Waals surface area contributed by atoms with Gasteiger partial charge in [0.15, 0.2) is 0 Å². The van der Waals surface area contributed by atoms with Crippen molar-refractivity contribution in [2.75, 3.05) is 24.7 Å². The molecule has 134 valence electrons. The van der Waals surface area contributed by atoms with Crippen molar-refractivity contribution in [3.05, 3.63) is 64.2 Å². The Kier molecular flexibility index (Phi) is 5.17. The fourth-order valence-electron chi connectivity index (χ4n) is 2.65. The lowest BCUT2D eigenvalue weighted by Crippen LogP contribution is -2.36. The molecule has 0 saturated heterocycles. The number of rotatable bonds is 5. The second-order valence-electron chi connectivity index (χ2n) is 5.58. The van der Waals surface area contributed by atoms with Crippen LogP contribution in [0.4, 0.5) is 11.4 Å². The highest BCUT2D eigenvalue weighted by molar-refractivity contribution is 6.05. The maximum absolute atomic E-state index is 12.6. The molecule has 0 saturated carbocycles. The van der Waals surface area contributed by atoms with Gasteiger partial charge in [-0.2, -0.15) is 0 Å². The summed E-state index contributed by atoms with van der Waals surface area (Å²) in [5.74, 6) is 0.971. The van der Waals surface area contributed by atoms with Gasteiger partial charge in [-0.15, -0.1) is 0 Å². The number of nitro benzene ring substituents is 1. The first kappa shape index (κ1) is 17.5. The zero-order valence-corrected chi connectivity index (χ0v) is 14.3. The third-order valence-corrected chi connectivity index (χ3v) is 3.89. The van der Waals surface area contributed by atoms with Crippen LogP contribution in [0.2, 0.25) is 0 Å². The van der Waals surface area contributed by atoms with Gasteiger partial charge in [-0.25, -0.2) is 0 Å². The van der Waals surface area contributed by atoms with E-state index in [9.17, 15) is 14.9 Å². The van der Waals surface area contributed by atoms with E-state index in [0.717, 1.165) is 11.3 Å². The number of anilines is 1. The van der Waals surface area contributed by atoms with Crippen LogP contribution < -0.4 is 14.4 Å². The van der Waals surface area contributed by atoms with Crippen molar-refractivity contribution < 1.29 is 19.2 Å². The summed E-state index contributed by atoms with van der Waals surface area (Å²) in [4.78, 5) is 24.5. The van der Waals surface area contributed by atoms with Gasteiger partial charge in [0.2, 0.25) is 0 Å². The highest BCUT2D eigenvalue weighted by Gasteiger charge is 2.24. The summed E-state index contributed by atoms with van der Waals surface area (Å²) in [5.41, 5.74) is 1.18. The Balaban J connectivity index is 1.78. The number of nitro groups is 1. The zero-order chi connectivity index (χ0) is 18.5. The van der Waals surface area contributed by atoms with Crippen LogP contribution >= 0.6 is 0 Å². The highest BCUT2D eigenvalue weighted by atomic mass is 16.6. The minimum absolute atomic E-state index is 0.0810. The van der Waals surface area contributed by atoms with Crippen LogP contribution in [0.3, 0.4) is 0 Å². The van der Waals surface area contributed by atoms with Gasteiger partial charge in [0.1, 0.15) is 18.1 Å². The summed E-state index contributed by atoms with van der Waals surface area (Å²) in [6, 6.07) is 11.6. The number of amides is 1. The lowest BCUT2D eigenvalue weighted by atomic mass is 10.2. The van der Waals surface area contributed by atoms with E-state index >= 15 is 0 Å². The molecule has 26 heavy (non-hydrogen) atoms. The Bertz CT molecular complexity index is 846. The third kappa shape index (κ3) is 3.83. The van der Waals surface area contributed by atoms with Crippen molar-refractivity contribution in [1.82, 2.24) is 0 Å². The fourth-order valence-corrected chi connectivity index (χ4v) is 2.65. The summed E-state index contributed by atoms with van der Waals surface area (Å²) >= 11 is 0. The number of ether oxygens (including phenoxy) is 2. The molecule has 1 amide bonds. The molecule has 0 aromatic heterocycles. The van der Waals surface area contributed by atoms with Crippen molar-refractivity contribution in [3.8, 4) is 11.5 Å². The molecule has 0 aliphatic carbocycles. The molecular formula is C19H18N2O5. The summed E-state index contributed by atoms with van der Waals surface area (Å²) < 4.78 is 10.9. The minimum Gasteiger partial charge on any atom is -0.494 e. The molecule has 0 atom stereocenters. The van der Waals surface area contributed by atoms with Gasteiger partial charge in [-0.05, 0) is 36.8 Å². The Morgan fingerprint density at radius 2 is 2.08 bits per heavy atom. The number of fused-ring (bicyclic) bond motifs is 1. The van der Waals surface area contributed by atoms with E-state index in [0.29, 0.717) is 31.2 Å². The Morgan fingerprint density at radius 3 is 2.77 bits per heavy atom. The van der Waals surface area contributed by atoms with Crippen molar-refractivity contribution in [1.29, 1.82) is 0 Å². The molecule has 1 aliphatic heterocycles. The van der Waals surface area contributed by atoms with E-state index in [1.807, 2.05) is 31.2 Å². The van der Waals surface area contributed by atoms with E-state index in [1.54, 1.807) is 6.08 Å². The third-order valence-electron chi connectivity index (χ3n) is 3.89. The van der Waals surface area contributed by atoms with Crippen molar-refractivity contribution in [2.24, 2.45) is 0 Å². The molecule has 7 heteroatoms. The molecule has 0 radical (unpaired) electrons. The van der Waals surface area contributed by atoms with E-state index in [1.165, 1.54) is 29.2 Å². The average molecular weight is 354 g/mol. The molecule has 0 unspecified atom stereocenters. The average Bonchev–Trinajstić information content (AvgIpc) is 2.66. The van der Waals surface area contributed by atoms with E-state index in [4.69, 9.17) is 9.47 Å². The first-order valence-electron chi connectivity index (χ1n) is 8.22. The number of hydrogen-bond donors (Lipinski definition) is 0. The number of non-ortho nitro benzene ring substituents is 1. The first-order valence-corrected chi connectivity index (χ1v) is 8.22. The molecule has 3 rings (SSSR count). The summed E-state index contributed by atoms with van der Waals surface area (Å²) in [5, 5.41) is 11.0. The second kappa shape index (κ2) is 7.69. The lowest BCUT2D eigenvalue weighted by Gasteiger charge is -2.28. The van der Waals surface area contributed by atoms with Crippen LogP contribution in [0.15, 0.2) is 48.5 Å². The maximum atomic E-state index is 12.6. The molecule has 0 N–H and O–H groups in total. The Morgan fingerprint density at radius 1 is 1.31 bits per heavy atom. The van der Waals surface area contributed by atoms with E-state index in [-0.39, 0.29) is 11.6 Å². The van der Waals surface area contributed by atoms with Crippen LogP contribution in [0.25, 0.3) is 6.08 Å². The van der Waals surface area contributed by atoms with Gasteiger partial charge < -0.3 is 14.4 Å². The molecule has 2 aromatic rings. The summed E-state index contributed by atoms with van der Waals surface area (Å²) in [7, 11) is 0. The van der Waals surface area contributed by atoms with Crippen LogP contribution in [-0.4, -0.2) is 30.6 Å². The van der Waals surface area contributed by atoms with Crippen molar-refractivity contribution in [2.45, 2.75) is 6.92 Å². The van der Waals surface area contributed by atoms with E-state index < -0.39 is 4.92 Å². The second-order valence-corrected chi connectivity index (χ2v) is 5.58. The van der Waals surface area contributed by atoms with Gasteiger partial charge >= 0.3 is 0 Å². The molecule has 2 aromatic carbocycles. The summed E-state index contributed by atoms with van der Waals surface area (Å²) in [6.07, 6.45) is 3.15. The number of nitrogens with zero attached hydrogens (tertiary/aromatic N) is 2. The SMILES string of the molecule is CCOc1ccc(/C=C/C(=O)N2CCOc3ccc([N+](=O)[O-])cc32)cc1. The molecular weight excluding hydrogens is 336 g/mol. The van der Waals surface area contributed by atoms with Crippen LogP contribution in [-0.2, 0) is 4.79 Å². The molecule has 0 fully saturated rings. The smallest absolute Gasteiger partial charge is 0.271 e. The van der Waals surface area contributed by atoms with Gasteiger partial charge in [0.25, 0.3) is 11.6 Å². The van der Waals surface area contributed by atoms with Crippen molar-refractivity contribution >= 4 is 23.4 Å². The molecule has 0 bridgehead atoms. The molecule has 1 aliphatic rings. The monoisotopic (exact) mass is 354 g/mol. The number of hydrogen-bond acceptors (Lipinski definition) is 5. The largest absolute Gasteiger partial charge is 0.494 e. The zero-order valence-electron chi connectivity index (χ0n) is 14.3. The van der Waals surface area contributed by atoms with Gasteiger partial charge in [0, 0.05) is 18.2 Å². The molecule has 7 nitrogen and oxygen atoms in total. The Hall–Kier alpha value is -3.35. The van der Waals surface area contributed by atoms with Crippen molar-refractivity contribution in [3.63, 3.8) is 0 Å². The van der Waals surface area contributed by atoms with Gasteiger partial charge in [-0.1, -0.05) is 12.1 Å². The lowest BCUT2D eigenvalue weighted by molar-refractivity contribution is -0.384. The topological polar surface area (TPSA) is 81.9 Å². The standard InChI is InChI=1S/C19H18N2O5/c1-2-25-16-7-3-14(4-8-16)5-10-19(22)20-11-12-26-18-9-6-15(21(23)24)13-17(18)20/h3-10,13H,2,11-12H2,1H3/b10-5+. The minimum atomic E-state index is -0.493.